The third-order valence-corrected chi connectivity index (χ3v) is 7.88. The second-order valence-corrected chi connectivity index (χ2v) is 11.2. The Morgan fingerprint density at radius 3 is 2.63 bits per heavy atom. The van der Waals surface area contributed by atoms with Crippen molar-refractivity contribution >= 4 is 35.3 Å². The summed E-state index contributed by atoms with van der Waals surface area (Å²) < 4.78 is 7.77. The number of pyridine rings is 1. The molecule has 4 rings (SSSR count). The van der Waals surface area contributed by atoms with Crippen LogP contribution in [-0.4, -0.2) is 69.2 Å². The number of amidine groups is 1. The van der Waals surface area contributed by atoms with Gasteiger partial charge in [0.15, 0.2) is 5.16 Å². The van der Waals surface area contributed by atoms with Crippen molar-refractivity contribution in [2.45, 2.75) is 39.9 Å². The molecule has 1 saturated heterocycles. The van der Waals surface area contributed by atoms with Crippen LogP contribution < -0.4 is 15.4 Å². The van der Waals surface area contributed by atoms with Crippen molar-refractivity contribution in [3.05, 3.63) is 60.7 Å². The van der Waals surface area contributed by atoms with Crippen molar-refractivity contribution in [2.24, 2.45) is 13.0 Å². The largest absolute Gasteiger partial charge is 0.493 e. The van der Waals surface area contributed by atoms with Crippen LogP contribution in [0.3, 0.4) is 0 Å². The summed E-state index contributed by atoms with van der Waals surface area (Å²) in [7, 11) is 3.56. The minimum atomic E-state index is -0.463. The Bertz CT molecular complexity index is 1290. The smallest absolute Gasteiger partial charge is 0.276 e. The summed E-state index contributed by atoms with van der Waals surface area (Å²) in [5.74, 6) is 0.888. The number of ether oxygens (including phenoxy) is 1. The predicted molar refractivity (Wildman–Crippen MR) is 149 cm³/mol. The molecule has 38 heavy (non-hydrogen) atoms. The molecule has 1 fully saturated rings. The first-order valence-electron chi connectivity index (χ1n) is 12.2. The second kappa shape index (κ2) is 12.9. The molecule has 0 atom stereocenters. The number of nitrogens with one attached hydrogen (secondary N) is 3. The molecule has 200 valence electrons. The molecule has 10 nitrogen and oxygen atoms in total. The fraction of sp³-hybridized carbons (Fsp3) is 0.346. The van der Waals surface area contributed by atoms with E-state index in [2.05, 4.69) is 44.6 Å². The molecule has 2 aromatic heterocycles. The summed E-state index contributed by atoms with van der Waals surface area (Å²) in [6.07, 6.45) is 4.64. The maximum Gasteiger partial charge on any atom is 0.276 e. The highest BCUT2D eigenvalue weighted by Gasteiger charge is 2.28. The topological polar surface area (TPSA) is 121 Å². The van der Waals surface area contributed by atoms with Crippen LogP contribution in [0.4, 0.5) is 0 Å². The zero-order chi connectivity index (χ0) is 27.1. The van der Waals surface area contributed by atoms with E-state index in [1.165, 1.54) is 29.6 Å². The Hall–Kier alpha value is -3.35. The third kappa shape index (κ3) is 7.36. The van der Waals surface area contributed by atoms with Crippen LogP contribution in [0.1, 0.15) is 24.3 Å². The number of aromatic nitrogens is 4. The maximum absolute atomic E-state index is 13.1. The molecule has 12 heteroatoms. The van der Waals surface area contributed by atoms with E-state index in [0.29, 0.717) is 33.6 Å². The third-order valence-electron chi connectivity index (χ3n) is 5.83. The highest BCUT2D eigenvalue weighted by molar-refractivity contribution is 7.99. The van der Waals surface area contributed by atoms with Crippen molar-refractivity contribution < 1.29 is 9.53 Å². The van der Waals surface area contributed by atoms with Crippen LogP contribution >= 0.6 is 23.5 Å². The van der Waals surface area contributed by atoms with Crippen molar-refractivity contribution in [1.29, 1.82) is 5.41 Å². The van der Waals surface area contributed by atoms with Crippen LogP contribution in [0.2, 0.25) is 0 Å². The number of hydrogen-bond donors (Lipinski definition) is 3. The van der Waals surface area contributed by atoms with Crippen LogP contribution in [0.25, 0.3) is 0 Å². The highest BCUT2D eigenvalue weighted by atomic mass is 32.2. The summed E-state index contributed by atoms with van der Waals surface area (Å²) >= 11 is 2.74. The number of aryl methyl sites for hydroxylation is 1. The van der Waals surface area contributed by atoms with Crippen LogP contribution in [-0.2, 0) is 7.05 Å². The Balaban J connectivity index is 1.45. The first-order valence-corrected chi connectivity index (χ1v) is 13.9. The molecular formula is C26H32N8O2S2. The fourth-order valence-electron chi connectivity index (χ4n) is 3.66. The summed E-state index contributed by atoms with van der Waals surface area (Å²) in [5.41, 5.74) is 0.227. The van der Waals surface area contributed by atoms with Gasteiger partial charge in [0.1, 0.15) is 28.6 Å². The molecule has 0 radical (unpaired) electrons. The van der Waals surface area contributed by atoms with Gasteiger partial charge in [0, 0.05) is 48.9 Å². The van der Waals surface area contributed by atoms with E-state index in [4.69, 9.17) is 10.1 Å². The van der Waals surface area contributed by atoms with Gasteiger partial charge in [-0.05, 0) is 74.3 Å². The van der Waals surface area contributed by atoms with Crippen LogP contribution in [0, 0.1) is 11.3 Å². The number of amides is 1. The normalized spacial score (nSPS) is 14.0. The van der Waals surface area contributed by atoms with Gasteiger partial charge in [-0.2, -0.15) is 0 Å². The van der Waals surface area contributed by atoms with E-state index < -0.39 is 5.91 Å². The van der Waals surface area contributed by atoms with E-state index in [1.54, 1.807) is 24.1 Å². The van der Waals surface area contributed by atoms with Crippen molar-refractivity contribution in [1.82, 2.24) is 35.3 Å². The Labute approximate surface area is 231 Å². The van der Waals surface area contributed by atoms with E-state index in [1.807, 2.05) is 43.4 Å². The van der Waals surface area contributed by atoms with Gasteiger partial charge in [-0.3, -0.25) is 10.2 Å². The van der Waals surface area contributed by atoms with E-state index in [9.17, 15) is 4.79 Å². The Kier molecular flexibility index (Phi) is 9.43. The number of rotatable bonds is 11. The quantitative estimate of drug-likeness (QED) is 0.242. The number of likely N-dealkylation sites (tertiary alicyclic amines) is 1. The molecule has 0 spiro atoms. The van der Waals surface area contributed by atoms with E-state index in [0.717, 1.165) is 23.7 Å². The fourth-order valence-corrected chi connectivity index (χ4v) is 5.30. The Morgan fingerprint density at radius 1 is 1.21 bits per heavy atom. The lowest BCUT2D eigenvalue weighted by Crippen LogP contribution is -2.52. The number of carbonyl (C=O) groups is 1. The molecule has 1 aromatic carbocycles. The van der Waals surface area contributed by atoms with Gasteiger partial charge in [-0.1, -0.05) is 11.8 Å². The standard InChI is InChI=1S/C26H32N8O2S2/c1-17(2)34-13-18(14-34)15-36-19-5-7-20(8-6-19)37-21-9-10-23(38-26-32-29-16-33(26)4)31-24(21)25(35)30-22(27)11-12-28-3/h5-12,16-18,28H,13-15H2,1-4H3,(H2,27,30,35)/b12-11-. The molecule has 3 heterocycles. The zero-order valence-electron chi connectivity index (χ0n) is 21.8. The van der Waals surface area contributed by atoms with Gasteiger partial charge in [0.05, 0.1) is 6.61 Å². The maximum atomic E-state index is 13.1. The minimum absolute atomic E-state index is 0.0436. The highest BCUT2D eigenvalue weighted by Crippen LogP contribution is 2.33. The van der Waals surface area contributed by atoms with Crippen molar-refractivity contribution in [2.75, 3.05) is 26.7 Å². The van der Waals surface area contributed by atoms with Gasteiger partial charge in [-0.15, -0.1) is 10.2 Å². The molecule has 0 aliphatic carbocycles. The lowest BCUT2D eigenvalue weighted by molar-refractivity contribution is 0.0375. The van der Waals surface area contributed by atoms with Crippen molar-refractivity contribution in [3.63, 3.8) is 0 Å². The molecule has 0 unspecified atom stereocenters. The SMILES string of the molecule is CN/C=C\C(=N)NC(=O)c1nc(Sc2nncn2C)ccc1Sc1ccc(OCC2CN(C(C)C)C2)cc1. The molecule has 1 aliphatic rings. The summed E-state index contributed by atoms with van der Waals surface area (Å²) in [5, 5.41) is 22.6. The average Bonchev–Trinajstić information content (AvgIpc) is 3.27. The lowest BCUT2D eigenvalue weighted by Gasteiger charge is -2.41. The molecule has 3 aromatic rings. The minimum Gasteiger partial charge on any atom is -0.493 e. The molecule has 1 amide bonds. The van der Waals surface area contributed by atoms with Crippen molar-refractivity contribution in [3.8, 4) is 5.75 Å². The molecule has 0 saturated carbocycles. The van der Waals surface area contributed by atoms with Crippen LogP contribution in [0.15, 0.2) is 75.0 Å². The first kappa shape index (κ1) is 27.7. The lowest BCUT2D eigenvalue weighted by atomic mass is 9.99. The number of benzene rings is 1. The van der Waals surface area contributed by atoms with Gasteiger partial charge in [0.2, 0.25) is 0 Å². The summed E-state index contributed by atoms with van der Waals surface area (Å²) in [6, 6.07) is 12.1. The van der Waals surface area contributed by atoms with Gasteiger partial charge in [-0.25, -0.2) is 4.98 Å². The van der Waals surface area contributed by atoms with Crippen LogP contribution in [0.5, 0.6) is 5.75 Å². The summed E-state index contributed by atoms with van der Waals surface area (Å²) in [4.78, 5) is 21.8. The summed E-state index contributed by atoms with van der Waals surface area (Å²) in [6.45, 7) is 7.30. The number of nitrogens with zero attached hydrogens (tertiary/aromatic N) is 5. The zero-order valence-corrected chi connectivity index (χ0v) is 23.5. The molecule has 3 N–H and O–H groups in total. The Morgan fingerprint density at radius 2 is 1.97 bits per heavy atom. The molecule has 1 aliphatic heterocycles. The molecule has 0 bridgehead atoms. The second-order valence-electron chi connectivity index (χ2n) is 9.11. The first-order chi connectivity index (χ1) is 18.3. The number of hydrogen-bond acceptors (Lipinski definition) is 10. The van der Waals surface area contributed by atoms with Gasteiger partial charge >= 0.3 is 0 Å². The van der Waals surface area contributed by atoms with Gasteiger partial charge < -0.3 is 24.8 Å². The van der Waals surface area contributed by atoms with Gasteiger partial charge in [0.25, 0.3) is 5.91 Å². The van der Waals surface area contributed by atoms with E-state index >= 15 is 0 Å². The average molecular weight is 553 g/mol. The van der Waals surface area contributed by atoms with E-state index in [-0.39, 0.29) is 11.5 Å². The predicted octanol–water partition coefficient (Wildman–Crippen LogP) is 3.67. The monoisotopic (exact) mass is 552 g/mol. The molecular weight excluding hydrogens is 520 g/mol. The number of carbonyl (C=O) groups excluding carboxylic acids is 1.